The summed E-state index contributed by atoms with van der Waals surface area (Å²) in [5.74, 6) is 0.880. The maximum absolute atomic E-state index is 4.72. The smallest absolute Gasteiger partial charge is 0.191 e. The average Bonchev–Trinajstić information content (AvgIpc) is 2.44. The summed E-state index contributed by atoms with van der Waals surface area (Å²) in [4.78, 5) is 11.3. The van der Waals surface area contributed by atoms with E-state index >= 15 is 0 Å². The standard InChI is InChI=1S/C17H31N5/c1-6-18-16(21-13-17(2,3)14-22(4)5)20-12-10-15-9-7-8-11-19-15/h7-9,11H,6,10,12-14H2,1-5H3,(H2,18,20,21). The Morgan fingerprint density at radius 3 is 2.64 bits per heavy atom. The Morgan fingerprint density at radius 2 is 2.05 bits per heavy atom. The number of aromatic nitrogens is 1. The molecule has 1 rings (SSSR count). The second-order valence-electron chi connectivity index (χ2n) is 6.60. The minimum Gasteiger partial charge on any atom is -0.357 e. The fourth-order valence-electron chi connectivity index (χ4n) is 2.40. The summed E-state index contributed by atoms with van der Waals surface area (Å²) in [7, 11) is 4.20. The molecular weight excluding hydrogens is 274 g/mol. The van der Waals surface area contributed by atoms with Crippen LogP contribution in [0.25, 0.3) is 0 Å². The van der Waals surface area contributed by atoms with Crippen molar-refractivity contribution in [3.63, 3.8) is 0 Å². The van der Waals surface area contributed by atoms with Gasteiger partial charge in [0.2, 0.25) is 0 Å². The molecule has 1 aromatic rings. The number of hydrogen-bond donors (Lipinski definition) is 2. The fraction of sp³-hybridized carbons (Fsp3) is 0.647. The van der Waals surface area contributed by atoms with Crippen molar-refractivity contribution in [2.24, 2.45) is 10.4 Å². The first-order valence-electron chi connectivity index (χ1n) is 8.00. The summed E-state index contributed by atoms with van der Waals surface area (Å²) < 4.78 is 0. The third-order valence-corrected chi connectivity index (χ3v) is 3.15. The molecule has 0 bridgehead atoms. The molecule has 124 valence electrons. The topological polar surface area (TPSA) is 52.6 Å². The predicted octanol–water partition coefficient (Wildman–Crippen LogP) is 1.77. The zero-order chi connectivity index (χ0) is 16.4. The van der Waals surface area contributed by atoms with Crippen LogP contribution >= 0.6 is 0 Å². The molecule has 0 radical (unpaired) electrons. The number of aliphatic imine (C=N–C) groups is 1. The Balaban J connectivity index is 2.48. The lowest BCUT2D eigenvalue weighted by Gasteiger charge is -2.26. The van der Waals surface area contributed by atoms with Gasteiger partial charge in [0.25, 0.3) is 0 Å². The van der Waals surface area contributed by atoms with Gasteiger partial charge >= 0.3 is 0 Å². The normalized spacial score (nSPS) is 12.5. The van der Waals surface area contributed by atoms with Gasteiger partial charge in [-0.15, -0.1) is 0 Å². The van der Waals surface area contributed by atoms with Gasteiger partial charge in [-0.2, -0.15) is 0 Å². The second-order valence-corrected chi connectivity index (χ2v) is 6.60. The van der Waals surface area contributed by atoms with Crippen LogP contribution in [0.3, 0.4) is 0 Å². The van der Waals surface area contributed by atoms with Crippen LogP contribution < -0.4 is 10.6 Å². The number of nitrogens with zero attached hydrogens (tertiary/aromatic N) is 3. The highest BCUT2D eigenvalue weighted by Crippen LogP contribution is 2.15. The van der Waals surface area contributed by atoms with Gasteiger partial charge in [0, 0.05) is 44.5 Å². The highest BCUT2D eigenvalue weighted by Gasteiger charge is 2.18. The van der Waals surface area contributed by atoms with E-state index in [0.717, 1.165) is 44.3 Å². The van der Waals surface area contributed by atoms with Crippen LogP contribution in [0.1, 0.15) is 26.5 Å². The summed E-state index contributed by atoms with van der Waals surface area (Å²) in [6.45, 7) is 10.1. The molecule has 0 aliphatic carbocycles. The maximum Gasteiger partial charge on any atom is 0.191 e. The van der Waals surface area contributed by atoms with E-state index in [2.05, 4.69) is 55.4 Å². The number of hydrogen-bond acceptors (Lipinski definition) is 3. The van der Waals surface area contributed by atoms with E-state index < -0.39 is 0 Å². The minimum atomic E-state index is 0.160. The molecule has 0 amide bonds. The van der Waals surface area contributed by atoms with E-state index in [1.165, 1.54) is 0 Å². The molecule has 0 unspecified atom stereocenters. The van der Waals surface area contributed by atoms with Gasteiger partial charge in [0.15, 0.2) is 5.96 Å². The molecule has 1 heterocycles. The highest BCUT2D eigenvalue weighted by atomic mass is 15.2. The third-order valence-electron chi connectivity index (χ3n) is 3.15. The zero-order valence-electron chi connectivity index (χ0n) is 14.7. The molecular formula is C17H31N5. The van der Waals surface area contributed by atoms with E-state index in [4.69, 9.17) is 4.99 Å². The van der Waals surface area contributed by atoms with Crippen molar-refractivity contribution in [3.05, 3.63) is 30.1 Å². The molecule has 0 aliphatic heterocycles. The predicted molar refractivity (Wildman–Crippen MR) is 94.3 cm³/mol. The van der Waals surface area contributed by atoms with Crippen LogP contribution in [0.5, 0.6) is 0 Å². The fourth-order valence-corrected chi connectivity index (χ4v) is 2.40. The van der Waals surface area contributed by atoms with Crippen molar-refractivity contribution in [3.8, 4) is 0 Å². The van der Waals surface area contributed by atoms with Crippen LogP contribution in [-0.2, 0) is 6.42 Å². The van der Waals surface area contributed by atoms with Gasteiger partial charge in [-0.3, -0.25) is 9.98 Å². The minimum absolute atomic E-state index is 0.160. The van der Waals surface area contributed by atoms with Gasteiger partial charge in [0.05, 0.1) is 0 Å². The molecule has 1 aromatic heterocycles. The molecule has 22 heavy (non-hydrogen) atoms. The van der Waals surface area contributed by atoms with E-state index in [0.29, 0.717) is 0 Å². The first-order valence-corrected chi connectivity index (χ1v) is 8.00. The third kappa shape index (κ3) is 7.98. The van der Waals surface area contributed by atoms with Gasteiger partial charge in [-0.05, 0) is 38.6 Å². The molecule has 0 spiro atoms. The summed E-state index contributed by atoms with van der Waals surface area (Å²) >= 11 is 0. The molecule has 0 aliphatic rings. The summed E-state index contributed by atoms with van der Waals surface area (Å²) in [6.07, 6.45) is 2.73. The zero-order valence-corrected chi connectivity index (χ0v) is 14.7. The maximum atomic E-state index is 4.72. The summed E-state index contributed by atoms with van der Waals surface area (Å²) in [5.41, 5.74) is 1.26. The lowest BCUT2D eigenvalue weighted by Crippen LogP contribution is -2.40. The highest BCUT2D eigenvalue weighted by molar-refractivity contribution is 5.79. The Kier molecular flexibility index (Phi) is 7.88. The monoisotopic (exact) mass is 305 g/mol. The first kappa shape index (κ1) is 18.4. The van der Waals surface area contributed by atoms with Crippen molar-refractivity contribution >= 4 is 5.96 Å². The molecule has 0 fully saturated rings. The quantitative estimate of drug-likeness (QED) is 0.568. The number of guanidine groups is 1. The number of rotatable bonds is 8. The largest absolute Gasteiger partial charge is 0.357 e. The Labute approximate surface area is 135 Å². The molecule has 0 saturated carbocycles. The molecule has 5 nitrogen and oxygen atoms in total. The van der Waals surface area contributed by atoms with Gasteiger partial charge in [0.1, 0.15) is 0 Å². The Morgan fingerprint density at radius 1 is 1.27 bits per heavy atom. The summed E-state index contributed by atoms with van der Waals surface area (Å²) in [6, 6.07) is 6.01. The van der Waals surface area contributed by atoms with Crippen LogP contribution in [0.2, 0.25) is 0 Å². The molecule has 0 aromatic carbocycles. The van der Waals surface area contributed by atoms with Crippen molar-refractivity contribution in [2.75, 3.05) is 40.3 Å². The van der Waals surface area contributed by atoms with Crippen molar-refractivity contribution < 1.29 is 0 Å². The lowest BCUT2D eigenvalue weighted by atomic mass is 9.93. The van der Waals surface area contributed by atoms with Gasteiger partial charge in [-0.1, -0.05) is 19.9 Å². The van der Waals surface area contributed by atoms with Crippen molar-refractivity contribution in [1.82, 2.24) is 20.5 Å². The first-order chi connectivity index (χ1) is 10.4. The van der Waals surface area contributed by atoms with Crippen LogP contribution in [0.15, 0.2) is 29.4 Å². The van der Waals surface area contributed by atoms with E-state index in [1.54, 1.807) is 0 Å². The van der Waals surface area contributed by atoms with E-state index in [-0.39, 0.29) is 5.41 Å². The van der Waals surface area contributed by atoms with Crippen LogP contribution in [0, 0.1) is 5.41 Å². The SMILES string of the molecule is CCNC(=NCC(C)(C)CN(C)C)NCCc1ccccn1. The van der Waals surface area contributed by atoms with Crippen LogP contribution in [0.4, 0.5) is 0 Å². The summed E-state index contributed by atoms with van der Waals surface area (Å²) in [5, 5.41) is 6.68. The number of pyridine rings is 1. The molecule has 0 atom stereocenters. The van der Waals surface area contributed by atoms with Crippen molar-refractivity contribution in [2.45, 2.75) is 27.2 Å². The molecule has 5 heteroatoms. The van der Waals surface area contributed by atoms with Crippen molar-refractivity contribution in [1.29, 1.82) is 0 Å². The Bertz CT molecular complexity index is 440. The Hall–Kier alpha value is -1.62. The van der Waals surface area contributed by atoms with Gasteiger partial charge < -0.3 is 15.5 Å². The van der Waals surface area contributed by atoms with Gasteiger partial charge in [-0.25, -0.2) is 0 Å². The molecule has 2 N–H and O–H groups in total. The van der Waals surface area contributed by atoms with Crippen LogP contribution in [-0.4, -0.2) is 56.1 Å². The van der Waals surface area contributed by atoms with E-state index in [9.17, 15) is 0 Å². The van der Waals surface area contributed by atoms with E-state index in [1.807, 2.05) is 24.4 Å². The average molecular weight is 305 g/mol. The second kappa shape index (κ2) is 9.41. The number of nitrogens with one attached hydrogen (secondary N) is 2. The molecule has 0 saturated heterocycles. The lowest BCUT2D eigenvalue weighted by molar-refractivity contribution is 0.248.